The molecule has 2 heterocycles. The summed E-state index contributed by atoms with van der Waals surface area (Å²) < 4.78 is 17.9. The lowest BCUT2D eigenvalue weighted by Gasteiger charge is -2.41. The first-order valence-electron chi connectivity index (χ1n) is 10.5. The van der Waals surface area contributed by atoms with Crippen LogP contribution in [0.1, 0.15) is 31.2 Å². The molecule has 0 N–H and O–H groups in total. The quantitative estimate of drug-likeness (QED) is 0.768. The molecule has 0 saturated carbocycles. The maximum atomic E-state index is 13.5. The van der Waals surface area contributed by atoms with E-state index in [9.17, 15) is 4.79 Å². The maximum absolute atomic E-state index is 13.5. The highest BCUT2D eigenvalue weighted by Crippen LogP contribution is 2.31. The Kier molecular flexibility index (Phi) is 6.05. The number of ether oxygens (including phenoxy) is 3. The number of benzene rings is 2. The smallest absolute Gasteiger partial charge is 0.266 e. The Morgan fingerprint density at radius 1 is 0.966 bits per heavy atom. The molecule has 4 rings (SSSR count). The van der Waals surface area contributed by atoms with Crippen molar-refractivity contribution in [2.24, 2.45) is 0 Å². The van der Waals surface area contributed by atoms with E-state index in [1.165, 1.54) is 5.56 Å². The maximum Gasteiger partial charge on any atom is 0.266 e. The van der Waals surface area contributed by atoms with E-state index >= 15 is 0 Å². The van der Waals surface area contributed by atoms with Gasteiger partial charge in [-0.1, -0.05) is 35.9 Å². The summed E-state index contributed by atoms with van der Waals surface area (Å²) in [7, 11) is 0. The van der Waals surface area contributed by atoms with Crippen molar-refractivity contribution >= 4 is 5.91 Å². The van der Waals surface area contributed by atoms with E-state index in [1.54, 1.807) is 0 Å². The predicted molar refractivity (Wildman–Crippen MR) is 111 cm³/mol. The molecule has 2 fully saturated rings. The molecule has 2 aliphatic heterocycles. The average molecular weight is 395 g/mol. The summed E-state index contributed by atoms with van der Waals surface area (Å²) in [6, 6.07) is 17.8. The van der Waals surface area contributed by atoms with Crippen LogP contribution in [0.3, 0.4) is 0 Å². The van der Waals surface area contributed by atoms with Gasteiger partial charge < -0.3 is 19.1 Å². The Balaban J connectivity index is 1.39. The Hall–Kier alpha value is -2.53. The van der Waals surface area contributed by atoms with Crippen LogP contribution in [0.15, 0.2) is 54.6 Å². The van der Waals surface area contributed by atoms with Gasteiger partial charge in [-0.05, 0) is 31.2 Å². The summed E-state index contributed by atoms with van der Waals surface area (Å²) in [5.41, 5.74) is 0.391. The number of likely N-dealkylation sites (tertiary alicyclic amines) is 1. The van der Waals surface area contributed by atoms with Gasteiger partial charge in [0.2, 0.25) is 0 Å². The van der Waals surface area contributed by atoms with E-state index in [1.807, 2.05) is 47.4 Å². The van der Waals surface area contributed by atoms with Gasteiger partial charge >= 0.3 is 0 Å². The number of hydrogen-bond donors (Lipinski definition) is 0. The van der Waals surface area contributed by atoms with Gasteiger partial charge in [0.1, 0.15) is 17.6 Å². The van der Waals surface area contributed by atoms with Crippen LogP contribution in [-0.2, 0) is 9.53 Å². The molecule has 29 heavy (non-hydrogen) atoms. The van der Waals surface area contributed by atoms with Crippen LogP contribution in [0.4, 0.5) is 0 Å². The van der Waals surface area contributed by atoms with Crippen LogP contribution in [0.2, 0.25) is 0 Å². The van der Waals surface area contributed by atoms with Gasteiger partial charge in [0.25, 0.3) is 5.91 Å². The highest BCUT2D eigenvalue weighted by Gasteiger charge is 2.45. The minimum Gasteiger partial charge on any atom is -0.490 e. The third-order valence-corrected chi connectivity index (χ3v) is 5.80. The zero-order valence-electron chi connectivity index (χ0n) is 17.0. The number of piperidine rings is 1. The van der Waals surface area contributed by atoms with Gasteiger partial charge in [0, 0.05) is 38.8 Å². The average Bonchev–Trinajstić information content (AvgIpc) is 2.77. The number of aryl methyl sites for hydroxylation is 1. The van der Waals surface area contributed by atoms with Crippen LogP contribution < -0.4 is 9.47 Å². The number of amides is 1. The van der Waals surface area contributed by atoms with Gasteiger partial charge in [-0.3, -0.25) is 4.79 Å². The Bertz CT molecular complexity index is 791. The molecule has 0 unspecified atom stereocenters. The molecule has 154 valence electrons. The molecule has 2 aromatic rings. The number of carbonyl (C=O) groups excluding carboxylic acids is 1. The molecule has 2 aliphatic rings. The highest BCUT2D eigenvalue weighted by atomic mass is 16.5. The Morgan fingerprint density at radius 2 is 1.62 bits per heavy atom. The zero-order chi connectivity index (χ0) is 20.1. The normalized spacial score (nSPS) is 19.6. The summed E-state index contributed by atoms with van der Waals surface area (Å²) in [4.78, 5) is 15.4. The first kappa shape index (κ1) is 19.8. The third-order valence-electron chi connectivity index (χ3n) is 5.80. The fourth-order valence-corrected chi connectivity index (χ4v) is 4.05. The summed E-state index contributed by atoms with van der Waals surface area (Å²) in [6.45, 7) is 4.54. The van der Waals surface area contributed by atoms with E-state index < -0.39 is 5.60 Å². The number of rotatable bonds is 5. The predicted octanol–water partition coefficient (Wildman–Crippen LogP) is 3.99. The van der Waals surface area contributed by atoms with Gasteiger partial charge in [-0.25, -0.2) is 0 Å². The van der Waals surface area contributed by atoms with E-state index in [0.717, 1.165) is 24.3 Å². The van der Waals surface area contributed by atoms with Crippen molar-refractivity contribution in [1.82, 2.24) is 4.90 Å². The molecule has 0 spiro atoms. The second-order valence-electron chi connectivity index (χ2n) is 7.94. The Labute approximate surface area is 172 Å². The van der Waals surface area contributed by atoms with Crippen molar-refractivity contribution in [2.45, 2.75) is 44.3 Å². The van der Waals surface area contributed by atoms with Crippen molar-refractivity contribution in [3.63, 3.8) is 0 Å². The number of nitrogens with zero attached hydrogens (tertiary/aromatic N) is 1. The molecule has 0 bridgehead atoms. The molecule has 0 aromatic heterocycles. The summed E-state index contributed by atoms with van der Waals surface area (Å²) >= 11 is 0. The molecule has 0 radical (unpaired) electrons. The fraction of sp³-hybridized carbons (Fsp3) is 0.458. The standard InChI is InChI=1S/C24H29NO4/c1-19-7-9-20(10-8-19)28-21-11-15-25(16-12-21)23(26)24(13-17-27-18-14-24)29-22-5-3-2-4-6-22/h2-10,21H,11-18H2,1H3. The Morgan fingerprint density at radius 3 is 2.28 bits per heavy atom. The molecule has 0 atom stereocenters. The van der Waals surface area contributed by atoms with E-state index in [2.05, 4.69) is 19.1 Å². The van der Waals surface area contributed by atoms with E-state index in [4.69, 9.17) is 14.2 Å². The molecule has 5 nitrogen and oxygen atoms in total. The molecular formula is C24H29NO4. The van der Waals surface area contributed by atoms with Crippen LogP contribution in [-0.4, -0.2) is 48.8 Å². The van der Waals surface area contributed by atoms with Gasteiger partial charge in [-0.15, -0.1) is 0 Å². The van der Waals surface area contributed by atoms with Crippen molar-refractivity contribution in [1.29, 1.82) is 0 Å². The fourth-order valence-electron chi connectivity index (χ4n) is 4.05. The van der Waals surface area contributed by atoms with Gasteiger partial charge in [0.05, 0.1) is 13.2 Å². The minimum absolute atomic E-state index is 0.0819. The topological polar surface area (TPSA) is 48.0 Å². The monoisotopic (exact) mass is 395 g/mol. The minimum atomic E-state index is -0.829. The highest BCUT2D eigenvalue weighted by molar-refractivity contribution is 5.86. The van der Waals surface area contributed by atoms with Gasteiger partial charge in [0.15, 0.2) is 5.60 Å². The molecule has 2 saturated heterocycles. The van der Waals surface area contributed by atoms with Crippen molar-refractivity contribution < 1.29 is 19.0 Å². The summed E-state index contributed by atoms with van der Waals surface area (Å²) in [5.74, 6) is 1.72. The molecule has 1 amide bonds. The number of carbonyl (C=O) groups is 1. The summed E-state index contributed by atoms with van der Waals surface area (Å²) in [5, 5.41) is 0. The lowest BCUT2D eigenvalue weighted by atomic mass is 9.91. The lowest BCUT2D eigenvalue weighted by Crippen LogP contribution is -2.57. The number of para-hydroxylation sites is 1. The number of hydrogen-bond acceptors (Lipinski definition) is 4. The van der Waals surface area contributed by atoms with Gasteiger partial charge in [-0.2, -0.15) is 0 Å². The van der Waals surface area contributed by atoms with Crippen LogP contribution >= 0.6 is 0 Å². The zero-order valence-corrected chi connectivity index (χ0v) is 17.0. The van der Waals surface area contributed by atoms with Crippen molar-refractivity contribution in [2.75, 3.05) is 26.3 Å². The van der Waals surface area contributed by atoms with Crippen LogP contribution in [0, 0.1) is 6.92 Å². The largest absolute Gasteiger partial charge is 0.490 e. The van der Waals surface area contributed by atoms with Crippen molar-refractivity contribution in [3.8, 4) is 11.5 Å². The first-order chi connectivity index (χ1) is 14.1. The summed E-state index contributed by atoms with van der Waals surface area (Å²) in [6.07, 6.45) is 2.97. The second-order valence-corrected chi connectivity index (χ2v) is 7.94. The van der Waals surface area contributed by atoms with E-state index in [0.29, 0.717) is 39.1 Å². The third kappa shape index (κ3) is 4.73. The van der Waals surface area contributed by atoms with Crippen LogP contribution in [0.5, 0.6) is 11.5 Å². The SMILES string of the molecule is Cc1ccc(OC2CCN(C(=O)C3(Oc4ccccc4)CCOCC3)CC2)cc1. The molecule has 0 aliphatic carbocycles. The molecular weight excluding hydrogens is 366 g/mol. The molecule has 2 aromatic carbocycles. The molecule has 5 heteroatoms. The lowest BCUT2D eigenvalue weighted by molar-refractivity contribution is -0.158. The second kappa shape index (κ2) is 8.87. The first-order valence-corrected chi connectivity index (χ1v) is 10.5. The van der Waals surface area contributed by atoms with Crippen LogP contribution in [0.25, 0.3) is 0 Å². The van der Waals surface area contributed by atoms with Crippen molar-refractivity contribution in [3.05, 3.63) is 60.2 Å². The van der Waals surface area contributed by atoms with E-state index in [-0.39, 0.29) is 12.0 Å².